The highest BCUT2D eigenvalue weighted by molar-refractivity contribution is 5.84. The topological polar surface area (TPSA) is 70.1 Å². The predicted molar refractivity (Wildman–Crippen MR) is 90.4 cm³/mol. The average molecular weight is 334 g/mol. The quantitative estimate of drug-likeness (QED) is 0.916. The first-order valence-electron chi connectivity index (χ1n) is 8.25. The number of hydrogen-bond donors (Lipinski definition) is 1. The molecule has 1 atom stereocenters. The molecule has 1 saturated heterocycles. The van der Waals surface area contributed by atoms with E-state index in [9.17, 15) is 14.7 Å². The van der Waals surface area contributed by atoms with E-state index in [-0.39, 0.29) is 25.1 Å². The molecule has 6 heteroatoms. The molecule has 0 aliphatic carbocycles. The number of rotatable bonds is 4. The maximum atomic E-state index is 12.6. The first kappa shape index (κ1) is 18.3. The van der Waals surface area contributed by atoms with Gasteiger partial charge in [-0.15, -0.1) is 0 Å². The summed E-state index contributed by atoms with van der Waals surface area (Å²) in [6, 6.07) is 9.48. The van der Waals surface area contributed by atoms with E-state index < -0.39 is 11.7 Å². The lowest BCUT2D eigenvalue weighted by Gasteiger charge is -2.39. The monoisotopic (exact) mass is 334 g/mol. The number of ether oxygens (including phenoxy) is 1. The van der Waals surface area contributed by atoms with Crippen LogP contribution in [0.4, 0.5) is 4.79 Å². The summed E-state index contributed by atoms with van der Waals surface area (Å²) < 4.78 is 5.33. The van der Waals surface area contributed by atoms with Crippen molar-refractivity contribution in [3.8, 4) is 0 Å². The zero-order chi connectivity index (χ0) is 17.7. The Morgan fingerprint density at radius 3 is 2.46 bits per heavy atom. The fourth-order valence-corrected chi connectivity index (χ4v) is 2.80. The minimum atomic E-state index is -0.583. The molecule has 2 rings (SSSR count). The summed E-state index contributed by atoms with van der Waals surface area (Å²) >= 11 is 0. The number of amides is 2. The first-order valence-corrected chi connectivity index (χ1v) is 8.25. The van der Waals surface area contributed by atoms with E-state index >= 15 is 0 Å². The van der Waals surface area contributed by atoms with Crippen molar-refractivity contribution in [2.75, 3.05) is 26.2 Å². The van der Waals surface area contributed by atoms with Crippen LogP contribution in [0, 0.1) is 0 Å². The molecule has 0 radical (unpaired) electrons. The fourth-order valence-electron chi connectivity index (χ4n) is 2.80. The summed E-state index contributed by atoms with van der Waals surface area (Å²) in [4.78, 5) is 27.9. The lowest BCUT2D eigenvalue weighted by Crippen LogP contribution is -2.54. The Morgan fingerprint density at radius 1 is 1.25 bits per heavy atom. The fraction of sp³-hybridized carbons (Fsp3) is 0.556. The second-order valence-corrected chi connectivity index (χ2v) is 6.93. The van der Waals surface area contributed by atoms with E-state index in [2.05, 4.69) is 0 Å². The largest absolute Gasteiger partial charge is 0.444 e. The molecule has 1 N–H and O–H groups in total. The molecule has 24 heavy (non-hydrogen) atoms. The van der Waals surface area contributed by atoms with Crippen LogP contribution in [0.1, 0.15) is 38.8 Å². The summed E-state index contributed by atoms with van der Waals surface area (Å²) in [7, 11) is 0. The molecule has 1 unspecified atom stereocenters. The van der Waals surface area contributed by atoms with Crippen molar-refractivity contribution in [3.63, 3.8) is 0 Å². The molecule has 1 aliphatic rings. The van der Waals surface area contributed by atoms with Crippen LogP contribution < -0.4 is 0 Å². The van der Waals surface area contributed by atoms with Crippen molar-refractivity contribution in [1.29, 1.82) is 0 Å². The molecule has 2 amide bonds. The van der Waals surface area contributed by atoms with Gasteiger partial charge in [-0.3, -0.25) is 9.69 Å². The number of nitrogens with zero attached hydrogens (tertiary/aromatic N) is 2. The Morgan fingerprint density at radius 2 is 1.92 bits per heavy atom. The summed E-state index contributed by atoms with van der Waals surface area (Å²) in [5, 5.41) is 9.36. The summed E-state index contributed by atoms with van der Waals surface area (Å²) in [6.45, 7) is 6.26. The molecular formula is C18H26N2O4. The van der Waals surface area contributed by atoms with E-state index in [1.165, 1.54) is 4.90 Å². The highest BCUT2D eigenvalue weighted by Crippen LogP contribution is 2.26. The van der Waals surface area contributed by atoms with Gasteiger partial charge in [0.15, 0.2) is 0 Å². The van der Waals surface area contributed by atoms with Crippen LogP contribution >= 0.6 is 0 Å². The third kappa shape index (κ3) is 4.71. The maximum absolute atomic E-state index is 12.6. The van der Waals surface area contributed by atoms with Gasteiger partial charge in [0.05, 0.1) is 6.04 Å². The van der Waals surface area contributed by atoms with E-state index in [1.54, 1.807) is 25.7 Å². The van der Waals surface area contributed by atoms with Gasteiger partial charge in [-0.05, 0) is 32.8 Å². The van der Waals surface area contributed by atoms with Crippen molar-refractivity contribution in [2.24, 2.45) is 0 Å². The lowest BCUT2D eigenvalue weighted by molar-refractivity contribution is -0.139. The number of piperazine rings is 1. The SMILES string of the molecule is CC(C)(C)OC(=O)N1CCN(C(CCO)c2ccccc2)C(=O)C1. The molecule has 6 nitrogen and oxygen atoms in total. The van der Waals surface area contributed by atoms with Gasteiger partial charge in [0.25, 0.3) is 0 Å². The van der Waals surface area contributed by atoms with Gasteiger partial charge in [-0.25, -0.2) is 4.79 Å². The van der Waals surface area contributed by atoms with Crippen molar-refractivity contribution in [1.82, 2.24) is 9.80 Å². The van der Waals surface area contributed by atoms with Crippen LogP contribution in [-0.4, -0.2) is 58.7 Å². The summed E-state index contributed by atoms with van der Waals surface area (Å²) in [5.41, 5.74) is 0.409. The van der Waals surface area contributed by atoms with E-state index in [4.69, 9.17) is 4.74 Å². The summed E-state index contributed by atoms with van der Waals surface area (Å²) in [6.07, 6.45) is 0.0104. The van der Waals surface area contributed by atoms with Gasteiger partial charge in [-0.1, -0.05) is 30.3 Å². The molecule has 132 valence electrons. The molecule has 1 fully saturated rings. The van der Waals surface area contributed by atoms with E-state index in [1.807, 2.05) is 30.3 Å². The number of carbonyl (C=O) groups is 2. The molecule has 1 aromatic carbocycles. The molecule has 1 aliphatic heterocycles. The molecule has 1 aromatic rings. The Labute approximate surface area is 143 Å². The van der Waals surface area contributed by atoms with Gasteiger partial charge < -0.3 is 14.7 Å². The normalized spacial score (nSPS) is 16.9. The van der Waals surface area contributed by atoms with Crippen LogP contribution in [-0.2, 0) is 9.53 Å². The van der Waals surface area contributed by atoms with Gasteiger partial charge in [0, 0.05) is 19.7 Å². The lowest BCUT2D eigenvalue weighted by atomic mass is 10.0. The Kier molecular flexibility index (Phi) is 5.83. The standard InChI is InChI=1S/C18H26N2O4/c1-18(2,3)24-17(23)19-10-11-20(16(22)13-19)15(9-12-21)14-7-5-4-6-8-14/h4-8,15,21H,9-13H2,1-3H3. The number of carbonyl (C=O) groups excluding carboxylic acids is 2. The second-order valence-electron chi connectivity index (χ2n) is 6.93. The average Bonchev–Trinajstić information content (AvgIpc) is 2.52. The van der Waals surface area contributed by atoms with Crippen LogP contribution in [0.2, 0.25) is 0 Å². The third-order valence-electron chi connectivity index (χ3n) is 3.87. The highest BCUT2D eigenvalue weighted by atomic mass is 16.6. The molecule has 0 bridgehead atoms. The van der Waals surface area contributed by atoms with E-state index in [0.29, 0.717) is 19.5 Å². The van der Waals surface area contributed by atoms with Crippen molar-refractivity contribution >= 4 is 12.0 Å². The van der Waals surface area contributed by atoms with Gasteiger partial charge >= 0.3 is 6.09 Å². The van der Waals surface area contributed by atoms with Crippen LogP contribution in [0.3, 0.4) is 0 Å². The number of aliphatic hydroxyl groups is 1. The van der Waals surface area contributed by atoms with Crippen LogP contribution in [0.25, 0.3) is 0 Å². The Hall–Kier alpha value is -2.08. The Bertz CT molecular complexity index is 568. The third-order valence-corrected chi connectivity index (χ3v) is 3.87. The zero-order valence-electron chi connectivity index (χ0n) is 14.6. The molecule has 1 heterocycles. The van der Waals surface area contributed by atoms with Crippen molar-refractivity contribution < 1.29 is 19.4 Å². The van der Waals surface area contributed by atoms with Crippen LogP contribution in [0.5, 0.6) is 0 Å². The number of aliphatic hydroxyl groups excluding tert-OH is 1. The Balaban J connectivity index is 2.06. The van der Waals surface area contributed by atoms with E-state index in [0.717, 1.165) is 5.56 Å². The van der Waals surface area contributed by atoms with Crippen molar-refractivity contribution in [2.45, 2.75) is 38.8 Å². The molecule has 0 saturated carbocycles. The second kappa shape index (κ2) is 7.66. The zero-order valence-corrected chi connectivity index (χ0v) is 14.6. The number of hydrogen-bond acceptors (Lipinski definition) is 4. The van der Waals surface area contributed by atoms with Gasteiger partial charge in [0.2, 0.25) is 5.91 Å². The molecule has 0 spiro atoms. The maximum Gasteiger partial charge on any atom is 0.410 e. The summed E-state index contributed by atoms with van der Waals surface area (Å²) in [5.74, 6) is -0.130. The van der Waals surface area contributed by atoms with Crippen LogP contribution in [0.15, 0.2) is 30.3 Å². The molecular weight excluding hydrogens is 308 g/mol. The predicted octanol–water partition coefficient (Wildman–Crippen LogP) is 2.19. The van der Waals surface area contributed by atoms with Gasteiger partial charge in [-0.2, -0.15) is 0 Å². The van der Waals surface area contributed by atoms with Crippen molar-refractivity contribution in [3.05, 3.63) is 35.9 Å². The minimum absolute atomic E-state index is 0.000872. The smallest absolute Gasteiger partial charge is 0.410 e. The van der Waals surface area contributed by atoms with Gasteiger partial charge in [0.1, 0.15) is 12.1 Å². The highest BCUT2D eigenvalue weighted by Gasteiger charge is 2.33. The first-order chi connectivity index (χ1) is 11.3. The minimum Gasteiger partial charge on any atom is -0.444 e. The molecule has 0 aromatic heterocycles. The number of benzene rings is 1.